The van der Waals surface area contributed by atoms with Crippen molar-refractivity contribution >= 4 is 12.0 Å². The van der Waals surface area contributed by atoms with Gasteiger partial charge in [0.15, 0.2) is 5.54 Å². The number of halogens is 1. The van der Waals surface area contributed by atoms with E-state index in [4.69, 9.17) is 0 Å². The van der Waals surface area contributed by atoms with Crippen molar-refractivity contribution < 1.29 is 9.18 Å². The van der Waals surface area contributed by atoms with Gasteiger partial charge in [-0.2, -0.15) is 0 Å². The molecule has 1 amide bonds. The summed E-state index contributed by atoms with van der Waals surface area (Å²) in [6.07, 6.45) is 4.70. The summed E-state index contributed by atoms with van der Waals surface area (Å²) in [6.45, 7) is 4.81. The van der Waals surface area contributed by atoms with Gasteiger partial charge in [0.25, 0.3) is 5.91 Å². The standard InChI is InChI=1S/C23H26FN3O/c1-23(16-18-15-19(24)7-8-21(18)26-23)22(28)25-20-10-13-27(14-11-20)12-9-17-5-3-2-4-6-17/h2-8,15-16,20H,9-14H2,1H3,(H,25,28). The highest BCUT2D eigenvalue weighted by atomic mass is 19.1. The van der Waals surface area contributed by atoms with E-state index in [2.05, 4.69) is 39.5 Å². The van der Waals surface area contributed by atoms with Gasteiger partial charge in [0, 0.05) is 30.9 Å². The number of carbonyl (C=O) groups is 1. The Hall–Kier alpha value is -2.53. The number of benzene rings is 2. The molecule has 5 heteroatoms. The molecule has 0 radical (unpaired) electrons. The smallest absolute Gasteiger partial charge is 0.251 e. The second kappa shape index (κ2) is 7.84. The monoisotopic (exact) mass is 379 g/mol. The highest BCUT2D eigenvalue weighted by Crippen LogP contribution is 2.17. The van der Waals surface area contributed by atoms with Crippen LogP contribution in [-0.4, -0.2) is 42.0 Å². The van der Waals surface area contributed by atoms with E-state index >= 15 is 0 Å². The van der Waals surface area contributed by atoms with Crippen molar-refractivity contribution in [1.82, 2.24) is 10.2 Å². The first-order valence-corrected chi connectivity index (χ1v) is 9.97. The van der Waals surface area contributed by atoms with Crippen LogP contribution in [0, 0.1) is 5.82 Å². The first kappa shape index (κ1) is 18.8. The average Bonchev–Trinajstić information content (AvgIpc) is 3.05. The van der Waals surface area contributed by atoms with E-state index in [1.807, 2.05) is 6.07 Å². The van der Waals surface area contributed by atoms with Crippen LogP contribution < -0.4 is 15.9 Å². The molecule has 0 aromatic heterocycles. The lowest BCUT2D eigenvalue weighted by Crippen LogP contribution is -2.50. The molecule has 146 valence electrons. The van der Waals surface area contributed by atoms with Crippen LogP contribution in [0.5, 0.6) is 0 Å². The molecular formula is C23H26FN3O. The molecular weight excluding hydrogens is 353 g/mol. The van der Waals surface area contributed by atoms with Crippen LogP contribution in [0.3, 0.4) is 0 Å². The minimum atomic E-state index is -0.958. The third-order valence-corrected chi connectivity index (χ3v) is 5.72. The molecule has 0 bridgehead atoms. The molecule has 1 unspecified atom stereocenters. The lowest BCUT2D eigenvalue weighted by Gasteiger charge is -2.33. The summed E-state index contributed by atoms with van der Waals surface area (Å²) < 4.78 is 13.4. The summed E-state index contributed by atoms with van der Waals surface area (Å²) in [5.41, 5.74) is 0.404. The van der Waals surface area contributed by atoms with Gasteiger partial charge in [0.2, 0.25) is 0 Å². The van der Waals surface area contributed by atoms with Gasteiger partial charge in [-0.05, 0) is 56.0 Å². The maximum Gasteiger partial charge on any atom is 0.251 e. The number of piperidine rings is 1. The number of nitrogens with zero attached hydrogens (tertiary/aromatic N) is 2. The second-order valence-corrected chi connectivity index (χ2v) is 7.93. The van der Waals surface area contributed by atoms with E-state index in [0.717, 1.165) is 38.9 Å². The number of hydrogen-bond donors (Lipinski definition) is 1. The summed E-state index contributed by atoms with van der Waals surface area (Å²) in [5.74, 6) is -0.412. The lowest BCUT2D eigenvalue weighted by molar-refractivity contribution is -0.124. The van der Waals surface area contributed by atoms with Crippen LogP contribution >= 0.6 is 0 Å². The number of carbonyl (C=O) groups excluding carboxylic acids is 1. The van der Waals surface area contributed by atoms with E-state index in [1.54, 1.807) is 19.1 Å². The number of likely N-dealkylation sites (tertiary alicyclic amines) is 1. The molecule has 2 heterocycles. The Labute approximate surface area is 164 Å². The maximum atomic E-state index is 13.4. The molecule has 0 aliphatic carbocycles. The van der Waals surface area contributed by atoms with Crippen LogP contribution in [-0.2, 0) is 11.2 Å². The van der Waals surface area contributed by atoms with Gasteiger partial charge in [0.1, 0.15) is 5.82 Å². The van der Waals surface area contributed by atoms with E-state index in [1.165, 1.54) is 17.7 Å². The molecule has 1 fully saturated rings. The van der Waals surface area contributed by atoms with E-state index in [0.29, 0.717) is 10.6 Å². The molecule has 2 aliphatic rings. The third kappa shape index (κ3) is 4.14. The molecule has 2 aliphatic heterocycles. The second-order valence-electron chi connectivity index (χ2n) is 7.93. The molecule has 1 N–H and O–H groups in total. The Bertz CT molecular complexity index is 967. The van der Waals surface area contributed by atoms with E-state index in [-0.39, 0.29) is 17.8 Å². The normalized spacial score (nSPS) is 22.2. The van der Waals surface area contributed by atoms with Crippen molar-refractivity contribution in [3.63, 3.8) is 0 Å². The number of rotatable bonds is 5. The highest BCUT2D eigenvalue weighted by molar-refractivity contribution is 5.93. The van der Waals surface area contributed by atoms with Crippen molar-refractivity contribution in [2.75, 3.05) is 19.6 Å². The largest absolute Gasteiger partial charge is 0.351 e. The predicted octanol–water partition coefficient (Wildman–Crippen LogP) is 1.82. The summed E-state index contributed by atoms with van der Waals surface area (Å²) in [6, 6.07) is 15.1. The molecule has 28 heavy (non-hydrogen) atoms. The number of fused-ring (bicyclic) bond motifs is 1. The van der Waals surface area contributed by atoms with Gasteiger partial charge >= 0.3 is 0 Å². The average molecular weight is 379 g/mol. The van der Waals surface area contributed by atoms with Gasteiger partial charge < -0.3 is 10.2 Å². The zero-order chi connectivity index (χ0) is 19.6. The lowest BCUT2D eigenvalue weighted by atomic mass is 9.99. The summed E-state index contributed by atoms with van der Waals surface area (Å²) in [5, 5.41) is 4.52. The zero-order valence-electron chi connectivity index (χ0n) is 16.2. The molecule has 0 saturated carbocycles. The van der Waals surface area contributed by atoms with Gasteiger partial charge in [-0.25, -0.2) is 4.39 Å². The molecule has 2 aromatic rings. The molecule has 2 aromatic carbocycles. The summed E-state index contributed by atoms with van der Waals surface area (Å²) in [7, 11) is 0. The van der Waals surface area contributed by atoms with Crippen molar-refractivity contribution in [3.05, 3.63) is 70.5 Å². The Balaban J connectivity index is 1.29. The van der Waals surface area contributed by atoms with Gasteiger partial charge in [0.05, 0.1) is 5.36 Å². The predicted molar refractivity (Wildman–Crippen MR) is 108 cm³/mol. The zero-order valence-corrected chi connectivity index (χ0v) is 16.2. The van der Waals surface area contributed by atoms with Crippen molar-refractivity contribution in [2.24, 2.45) is 4.99 Å². The highest BCUT2D eigenvalue weighted by Gasteiger charge is 2.34. The van der Waals surface area contributed by atoms with Crippen LogP contribution in [0.25, 0.3) is 6.08 Å². The van der Waals surface area contributed by atoms with Crippen molar-refractivity contribution in [2.45, 2.75) is 37.8 Å². The van der Waals surface area contributed by atoms with Crippen molar-refractivity contribution in [3.8, 4) is 0 Å². The fourth-order valence-electron chi connectivity index (χ4n) is 4.01. The fraction of sp³-hybridized carbons (Fsp3) is 0.391. The number of nitrogens with one attached hydrogen (secondary N) is 1. The molecule has 4 nitrogen and oxygen atoms in total. The molecule has 1 saturated heterocycles. The number of amides is 1. The number of hydrogen-bond acceptors (Lipinski definition) is 3. The molecule has 1 atom stereocenters. The van der Waals surface area contributed by atoms with Crippen LogP contribution in [0.1, 0.15) is 25.3 Å². The van der Waals surface area contributed by atoms with Gasteiger partial charge in [-0.3, -0.25) is 9.79 Å². The Morgan fingerprint density at radius 3 is 2.71 bits per heavy atom. The minimum absolute atomic E-state index is 0.105. The van der Waals surface area contributed by atoms with Crippen LogP contribution in [0.15, 0.2) is 53.5 Å². The Morgan fingerprint density at radius 2 is 1.96 bits per heavy atom. The molecule has 4 rings (SSSR count). The fourth-order valence-corrected chi connectivity index (χ4v) is 4.01. The minimum Gasteiger partial charge on any atom is -0.351 e. The topological polar surface area (TPSA) is 44.7 Å². The van der Waals surface area contributed by atoms with Crippen LogP contribution in [0.2, 0.25) is 0 Å². The van der Waals surface area contributed by atoms with E-state index in [9.17, 15) is 9.18 Å². The molecule has 0 spiro atoms. The first-order valence-electron chi connectivity index (χ1n) is 9.97. The van der Waals surface area contributed by atoms with Crippen molar-refractivity contribution in [1.29, 1.82) is 0 Å². The Morgan fingerprint density at radius 1 is 1.21 bits per heavy atom. The first-order chi connectivity index (χ1) is 13.5. The SMILES string of the molecule is CC1(C(=O)NC2CCN(CCc3ccccc3)CC2)C=c2cc(F)ccc2=N1. The summed E-state index contributed by atoms with van der Waals surface area (Å²) >= 11 is 0. The third-order valence-electron chi connectivity index (χ3n) is 5.72. The summed E-state index contributed by atoms with van der Waals surface area (Å²) in [4.78, 5) is 19.8. The quantitative estimate of drug-likeness (QED) is 0.861. The van der Waals surface area contributed by atoms with Gasteiger partial charge in [-0.15, -0.1) is 0 Å². The van der Waals surface area contributed by atoms with E-state index < -0.39 is 5.54 Å². The maximum absolute atomic E-state index is 13.4. The Kier molecular flexibility index (Phi) is 5.27. The van der Waals surface area contributed by atoms with Gasteiger partial charge in [-0.1, -0.05) is 30.3 Å². The van der Waals surface area contributed by atoms with Crippen LogP contribution in [0.4, 0.5) is 4.39 Å².